The van der Waals surface area contributed by atoms with Crippen molar-refractivity contribution in [1.82, 2.24) is 10.2 Å². The summed E-state index contributed by atoms with van der Waals surface area (Å²) in [5.41, 5.74) is 0.344. The Hall–Kier alpha value is -1.91. The van der Waals surface area contributed by atoms with E-state index < -0.39 is 5.82 Å². The topological polar surface area (TPSA) is 49.4 Å². The van der Waals surface area contributed by atoms with Gasteiger partial charge in [-0.05, 0) is 43.4 Å². The molecule has 2 fully saturated rings. The van der Waals surface area contributed by atoms with Gasteiger partial charge in [0.25, 0.3) is 5.91 Å². The highest BCUT2D eigenvalue weighted by atomic mass is 19.1. The van der Waals surface area contributed by atoms with Crippen molar-refractivity contribution in [2.24, 2.45) is 5.92 Å². The minimum Gasteiger partial charge on any atom is -0.349 e. The van der Waals surface area contributed by atoms with Crippen molar-refractivity contribution >= 4 is 11.8 Å². The van der Waals surface area contributed by atoms with Crippen LogP contribution in [0.25, 0.3) is 0 Å². The van der Waals surface area contributed by atoms with Gasteiger partial charge < -0.3 is 10.2 Å². The van der Waals surface area contributed by atoms with E-state index in [1.165, 1.54) is 50.3 Å². The summed E-state index contributed by atoms with van der Waals surface area (Å²) in [6.07, 6.45) is 9.74. The van der Waals surface area contributed by atoms with Gasteiger partial charge in [0, 0.05) is 31.1 Å². The average Bonchev–Trinajstić information content (AvgIpc) is 2.67. The SMILES string of the molecule is O=C(NC1CCN(C(=O)CCC2CCCCC2)CC1)c1cccc(F)c1. The number of likely N-dealkylation sites (tertiary alicyclic amines) is 1. The molecule has 5 heteroatoms. The highest BCUT2D eigenvalue weighted by Gasteiger charge is 2.25. The molecule has 0 spiro atoms. The second kappa shape index (κ2) is 9.15. The van der Waals surface area contributed by atoms with Crippen LogP contribution in [0.2, 0.25) is 0 Å². The molecule has 142 valence electrons. The third kappa shape index (κ3) is 5.29. The number of halogens is 1. The standard InChI is InChI=1S/C21H29FN2O2/c22-18-8-4-7-17(15-18)21(26)23-19-11-13-24(14-12-19)20(25)10-9-16-5-2-1-3-6-16/h4,7-8,15-16,19H,1-3,5-6,9-14H2,(H,23,26). The number of nitrogens with zero attached hydrogens (tertiary/aromatic N) is 1. The molecule has 0 atom stereocenters. The highest BCUT2D eigenvalue weighted by Crippen LogP contribution is 2.27. The third-order valence-corrected chi connectivity index (χ3v) is 5.76. The Balaban J connectivity index is 1.39. The third-order valence-electron chi connectivity index (χ3n) is 5.76. The Kier molecular flexibility index (Phi) is 6.64. The molecule has 1 saturated carbocycles. The number of carbonyl (C=O) groups is 2. The Morgan fingerprint density at radius 3 is 2.50 bits per heavy atom. The largest absolute Gasteiger partial charge is 0.349 e. The van der Waals surface area contributed by atoms with Gasteiger partial charge in [0.1, 0.15) is 5.82 Å². The molecule has 0 radical (unpaired) electrons. The van der Waals surface area contributed by atoms with Crippen LogP contribution in [0.4, 0.5) is 4.39 Å². The van der Waals surface area contributed by atoms with Gasteiger partial charge in [0.15, 0.2) is 0 Å². The fraction of sp³-hybridized carbons (Fsp3) is 0.619. The zero-order valence-electron chi connectivity index (χ0n) is 15.4. The van der Waals surface area contributed by atoms with Crippen LogP contribution in [0, 0.1) is 11.7 Å². The van der Waals surface area contributed by atoms with E-state index in [0.29, 0.717) is 25.1 Å². The summed E-state index contributed by atoms with van der Waals surface area (Å²) in [5, 5.41) is 2.96. The Morgan fingerprint density at radius 2 is 1.81 bits per heavy atom. The lowest BCUT2D eigenvalue weighted by Crippen LogP contribution is -2.46. The van der Waals surface area contributed by atoms with Crippen LogP contribution < -0.4 is 5.32 Å². The van der Waals surface area contributed by atoms with Gasteiger partial charge in [0.05, 0.1) is 0 Å². The molecular formula is C21H29FN2O2. The number of benzene rings is 1. The molecule has 4 nitrogen and oxygen atoms in total. The van der Waals surface area contributed by atoms with Crippen molar-refractivity contribution in [3.05, 3.63) is 35.6 Å². The maximum absolute atomic E-state index is 13.2. The van der Waals surface area contributed by atoms with E-state index in [1.54, 1.807) is 6.07 Å². The van der Waals surface area contributed by atoms with Gasteiger partial charge >= 0.3 is 0 Å². The highest BCUT2D eigenvalue weighted by molar-refractivity contribution is 5.94. The second-order valence-electron chi connectivity index (χ2n) is 7.68. The predicted octanol–water partition coefficient (Wildman–Crippen LogP) is 3.91. The van der Waals surface area contributed by atoms with Crippen LogP contribution in [0.15, 0.2) is 24.3 Å². The summed E-state index contributed by atoms with van der Waals surface area (Å²) >= 11 is 0. The average molecular weight is 360 g/mol. The summed E-state index contributed by atoms with van der Waals surface area (Å²) in [4.78, 5) is 26.6. The smallest absolute Gasteiger partial charge is 0.251 e. The number of piperidine rings is 1. The lowest BCUT2D eigenvalue weighted by Gasteiger charge is -2.33. The van der Waals surface area contributed by atoms with E-state index in [0.717, 1.165) is 25.2 Å². The quantitative estimate of drug-likeness (QED) is 0.865. The van der Waals surface area contributed by atoms with E-state index in [-0.39, 0.29) is 17.9 Å². The second-order valence-corrected chi connectivity index (χ2v) is 7.68. The molecule has 2 amide bonds. The number of hydrogen-bond acceptors (Lipinski definition) is 2. The minimum atomic E-state index is -0.406. The van der Waals surface area contributed by atoms with Gasteiger partial charge in [-0.2, -0.15) is 0 Å². The van der Waals surface area contributed by atoms with Crippen LogP contribution in [-0.2, 0) is 4.79 Å². The molecule has 2 aliphatic rings. The zero-order chi connectivity index (χ0) is 18.4. The van der Waals surface area contributed by atoms with Crippen molar-refractivity contribution in [1.29, 1.82) is 0 Å². The van der Waals surface area contributed by atoms with Crippen LogP contribution in [-0.4, -0.2) is 35.8 Å². The van der Waals surface area contributed by atoms with E-state index in [2.05, 4.69) is 5.32 Å². The van der Waals surface area contributed by atoms with Crippen molar-refractivity contribution < 1.29 is 14.0 Å². The monoisotopic (exact) mass is 360 g/mol. The maximum atomic E-state index is 13.2. The summed E-state index contributed by atoms with van der Waals surface area (Å²) < 4.78 is 13.2. The molecule has 1 aliphatic heterocycles. The minimum absolute atomic E-state index is 0.0492. The summed E-state index contributed by atoms with van der Waals surface area (Å²) in [6.45, 7) is 1.38. The predicted molar refractivity (Wildman–Crippen MR) is 99.3 cm³/mol. The fourth-order valence-corrected chi connectivity index (χ4v) is 4.13. The van der Waals surface area contributed by atoms with E-state index >= 15 is 0 Å². The van der Waals surface area contributed by atoms with E-state index in [9.17, 15) is 14.0 Å². The summed E-state index contributed by atoms with van der Waals surface area (Å²) in [5.74, 6) is 0.337. The normalized spacial score (nSPS) is 19.3. The summed E-state index contributed by atoms with van der Waals surface area (Å²) in [7, 11) is 0. The lowest BCUT2D eigenvalue weighted by molar-refractivity contribution is -0.132. The van der Waals surface area contributed by atoms with E-state index in [1.807, 2.05) is 4.90 Å². The molecule has 1 aliphatic carbocycles. The molecule has 26 heavy (non-hydrogen) atoms. The van der Waals surface area contributed by atoms with Crippen molar-refractivity contribution in [2.45, 2.75) is 63.8 Å². The molecule has 1 aromatic rings. The van der Waals surface area contributed by atoms with Crippen molar-refractivity contribution in [3.63, 3.8) is 0 Å². The molecule has 0 unspecified atom stereocenters. The molecule has 3 rings (SSSR count). The maximum Gasteiger partial charge on any atom is 0.251 e. The van der Waals surface area contributed by atoms with Gasteiger partial charge in [-0.3, -0.25) is 9.59 Å². The van der Waals surface area contributed by atoms with Gasteiger partial charge in [-0.1, -0.05) is 38.2 Å². The Bertz CT molecular complexity index is 620. The molecule has 0 bridgehead atoms. The van der Waals surface area contributed by atoms with Gasteiger partial charge in [-0.15, -0.1) is 0 Å². The van der Waals surface area contributed by atoms with Crippen LogP contribution in [0.5, 0.6) is 0 Å². The first-order chi connectivity index (χ1) is 12.6. The number of rotatable bonds is 5. The molecule has 1 heterocycles. The molecule has 1 aromatic carbocycles. The van der Waals surface area contributed by atoms with Crippen LogP contribution in [0.3, 0.4) is 0 Å². The number of carbonyl (C=O) groups excluding carboxylic acids is 2. The summed E-state index contributed by atoms with van der Waals surface area (Å²) in [6, 6.07) is 5.78. The first-order valence-electron chi connectivity index (χ1n) is 9.96. The first kappa shape index (κ1) is 18.9. The van der Waals surface area contributed by atoms with Gasteiger partial charge in [-0.25, -0.2) is 4.39 Å². The lowest BCUT2D eigenvalue weighted by atomic mass is 9.86. The van der Waals surface area contributed by atoms with Crippen molar-refractivity contribution in [2.75, 3.05) is 13.1 Å². The fourth-order valence-electron chi connectivity index (χ4n) is 4.13. The first-order valence-corrected chi connectivity index (χ1v) is 9.96. The number of hydrogen-bond donors (Lipinski definition) is 1. The molecule has 0 aromatic heterocycles. The van der Waals surface area contributed by atoms with Crippen molar-refractivity contribution in [3.8, 4) is 0 Å². The number of nitrogens with one attached hydrogen (secondary N) is 1. The molecular weight excluding hydrogens is 331 g/mol. The van der Waals surface area contributed by atoms with Gasteiger partial charge in [0.2, 0.25) is 5.91 Å². The molecule has 1 N–H and O–H groups in total. The van der Waals surface area contributed by atoms with Crippen LogP contribution in [0.1, 0.15) is 68.1 Å². The number of amides is 2. The van der Waals surface area contributed by atoms with Crippen LogP contribution >= 0.6 is 0 Å². The van der Waals surface area contributed by atoms with E-state index in [4.69, 9.17) is 0 Å². The zero-order valence-corrected chi connectivity index (χ0v) is 15.4. The Morgan fingerprint density at radius 1 is 1.08 bits per heavy atom. The molecule has 1 saturated heterocycles. The Labute approximate surface area is 155 Å².